The van der Waals surface area contributed by atoms with Crippen LogP contribution >= 0.6 is 0 Å². The molecule has 0 fully saturated rings. The molecular weight excluding hydrogens is 492 g/mol. The minimum Gasteiger partial charge on any atom is -0.496 e. The van der Waals surface area contributed by atoms with Gasteiger partial charge in [0.25, 0.3) is 0 Å². The molecule has 1 amide bonds. The number of hydrogen-bond acceptors (Lipinski definition) is 6. The Kier molecular flexibility index (Phi) is 9.29. The van der Waals surface area contributed by atoms with E-state index in [1.165, 1.54) is 0 Å². The van der Waals surface area contributed by atoms with Crippen LogP contribution in [0.2, 0.25) is 0 Å². The van der Waals surface area contributed by atoms with Crippen LogP contribution in [0.3, 0.4) is 0 Å². The molecule has 0 spiro atoms. The van der Waals surface area contributed by atoms with Gasteiger partial charge in [-0.1, -0.05) is 48.5 Å². The van der Waals surface area contributed by atoms with Crippen LogP contribution in [0.15, 0.2) is 84.9 Å². The zero-order chi connectivity index (χ0) is 27.6. The molecule has 0 bridgehead atoms. The lowest BCUT2D eigenvalue weighted by Crippen LogP contribution is -2.15. The SMILES string of the molecule is CCOc1ccc(C(=O)CCC(=O)Nc2cc(-c3ccccc3OC)cc(-c3ccccc3)n2)cc1OCC. The van der Waals surface area contributed by atoms with E-state index in [2.05, 4.69) is 10.3 Å². The second-order valence-electron chi connectivity index (χ2n) is 8.69. The summed E-state index contributed by atoms with van der Waals surface area (Å²) in [7, 11) is 1.62. The highest BCUT2D eigenvalue weighted by Crippen LogP contribution is 2.34. The third kappa shape index (κ3) is 7.02. The minimum atomic E-state index is -0.303. The van der Waals surface area contributed by atoms with Crippen molar-refractivity contribution in [3.05, 3.63) is 90.5 Å². The number of aromatic nitrogens is 1. The standard InChI is InChI=1S/C32H32N2O5/c1-4-38-29-17-15-23(20-30(29)39-5-2)27(35)16-18-32(36)34-31-21-24(25-13-9-10-14-28(25)37-3)19-26(33-31)22-11-7-6-8-12-22/h6-15,17,19-21H,4-5,16,18H2,1-3H3,(H,33,34,36). The van der Waals surface area contributed by atoms with Crippen molar-refractivity contribution in [2.24, 2.45) is 0 Å². The van der Waals surface area contributed by atoms with Crippen molar-refractivity contribution in [2.75, 3.05) is 25.6 Å². The summed E-state index contributed by atoms with van der Waals surface area (Å²) in [6, 6.07) is 26.3. The van der Waals surface area contributed by atoms with E-state index in [1.807, 2.05) is 80.6 Å². The molecule has 7 heteroatoms. The molecule has 39 heavy (non-hydrogen) atoms. The molecule has 4 aromatic rings. The summed E-state index contributed by atoms with van der Waals surface area (Å²) in [6.07, 6.45) is 0.0559. The molecule has 0 radical (unpaired) electrons. The Morgan fingerprint density at radius 1 is 0.744 bits per heavy atom. The van der Waals surface area contributed by atoms with Gasteiger partial charge in [-0.15, -0.1) is 0 Å². The highest BCUT2D eigenvalue weighted by atomic mass is 16.5. The van der Waals surface area contributed by atoms with Crippen molar-refractivity contribution in [2.45, 2.75) is 26.7 Å². The van der Waals surface area contributed by atoms with Crippen LogP contribution in [0, 0.1) is 0 Å². The Morgan fingerprint density at radius 2 is 1.46 bits per heavy atom. The first-order valence-electron chi connectivity index (χ1n) is 13.0. The molecule has 0 aliphatic carbocycles. The number of benzene rings is 3. The Labute approximate surface area is 228 Å². The first-order chi connectivity index (χ1) is 19.0. The lowest BCUT2D eigenvalue weighted by atomic mass is 10.0. The maximum atomic E-state index is 12.9. The molecule has 0 saturated carbocycles. The molecule has 0 atom stereocenters. The molecular formula is C32H32N2O5. The largest absolute Gasteiger partial charge is 0.496 e. The van der Waals surface area contributed by atoms with Crippen LogP contribution in [0.5, 0.6) is 17.2 Å². The van der Waals surface area contributed by atoms with Gasteiger partial charge in [0.1, 0.15) is 11.6 Å². The van der Waals surface area contributed by atoms with Gasteiger partial charge in [0.15, 0.2) is 17.3 Å². The number of ketones is 1. The predicted molar refractivity (Wildman–Crippen MR) is 153 cm³/mol. The fraction of sp³-hybridized carbons (Fsp3) is 0.219. The van der Waals surface area contributed by atoms with Crippen molar-refractivity contribution >= 4 is 17.5 Å². The van der Waals surface area contributed by atoms with Gasteiger partial charge in [-0.25, -0.2) is 4.98 Å². The number of methoxy groups -OCH3 is 1. The monoisotopic (exact) mass is 524 g/mol. The normalized spacial score (nSPS) is 10.5. The summed E-state index contributed by atoms with van der Waals surface area (Å²) in [5, 5.41) is 2.88. The number of para-hydroxylation sites is 1. The number of anilines is 1. The maximum Gasteiger partial charge on any atom is 0.225 e. The van der Waals surface area contributed by atoms with Crippen LogP contribution in [-0.4, -0.2) is 37.0 Å². The smallest absolute Gasteiger partial charge is 0.225 e. The summed E-state index contributed by atoms with van der Waals surface area (Å²) < 4.78 is 16.8. The molecule has 0 aliphatic heterocycles. The summed E-state index contributed by atoms with van der Waals surface area (Å²) >= 11 is 0. The van der Waals surface area contributed by atoms with Crippen LogP contribution in [0.25, 0.3) is 22.4 Å². The van der Waals surface area contributed by atoms with E-state index in [9.17, 15) is 9.59 Å². The van der Waals surface area contributed by atoms with E-state index in [4.69, 9.17) is 14.2 Å². The summed E-state index contributed by atoms with van der Waals surface area (Å²) in [6.45, 7) is 4.70. The quantitative estimate of drug-likeness (QED) is 0.205. The summed E-state index contributed by atoms with van der Waals surface area (Å²) in [5.41, 5.74) is 3.83. The molecule has 1 heterocycles. The number of carbonyl (C=O) groups is 2. The highest BCUT2D eigenvalue weighted by molar-refractivity contribution is 6.00. The third-order valence-electron chi connectivity index (χ3n) is 6.02. The van der Waals surface area contributed by atoms with E-state index >= 15 is 0 Å². The molecule has 7 nitrogen and oxygen atoms in total. The van der Waals surface area contributed by atoms with Gasteiger partial charge < -0.3 is 19.5 Å². The van der Waals surface area contributed by atoms with Crippen molar-refractivity contribution in [3.63, 3.8) is 0 Å². The molecule has 1 aromatic heterocycles. The highest BCUT2D eigenvalue weighted by Gasteiger charge is 2.15. The number of ether oxygens (including phenoxy) is 3. The van der Waals surface area contributed by atoms with Crippen molar-refractivity contribution in [3.8, 4) is 39.6 Å². The average molecular weight is 525 g/mol. The van der Waals surface area contributed by atoms with E-state index in [0.29, 0.717) is 47.5 Å². The van der Waals surface area contributed by atoms with E-state index in [0.717, 1.165) is 16.7 Å². The Hall–Kier alpha value is -4.65. The van der Waals surface area contributed by atoms with Gasteiger partial charge in [-0.2, -0.15) is 0 Å². The maximum absolute atomic E-state index is 12.9. The fourth-order valence-corrected chi connectivity index (χ4v) is 4.19. The number of hydrogen-bond donors (Lipinski definition) is 1. The average Bonchev–Trinajstić information content (AvgIpc) is 2.97. The van der Waals surface area contributed by atoms with Crippen LogP contribution in [0.4, 0.5) is 5.82 Å². The van der Waals surface area contributed by atoms with E-state index in [-0.39, 0.29) is 24.5 Å². The number of nitrogens with zero attached hydrogens (tertiary/aromatic N) is 1. The Morgan fingerprint density at radius 3 is 2.21 bits per heavy atom. The van der Waals surface area contributed by atoms with Gasteiger partial charge in [0.2, 0.25) is 5.91 Å². The zero-order valence-corrected chi connectivity index (χ0v) is 22.4. The van der Waals surface area contributed by atoms with Gasteiger partial charge in [0.05, 0.1) is 26.0 Å². The zero-order valence-electron chi connectivity index (χ0n) is 22.4. The summed E-state index contributed by atoms with van der Waals surface area (Å²) in [4.78, 5) is 30.5. The second-order valence-corrected chi connectivity index (χ2v) is 8.69. The molecule has 3 aromatic carbocycles. The molecule has 200 valence electrons. The Balaban J connectivity index is 1.52. The number of rotatable bonds is 12. The first-order valence-corrected chi connectivity index (χ1v) is 13.0. The molecule has 1 N–H and O–H groups in total. The van der Waals surface area contributed by atoms with Gasteiger partial charge >= 0.3 is 0 Å². The first kappa shape index (κ1) is 27.4. The van der Waals surface area contributed by atoms with Crippen LogP contribution < -0.4 is 19.5 Å². The van der Waals surface area contributed by atoms with Crippen LogP contribution in [-0.2, 0) is 4.79 Å². The number of carbonyl (C=O) groups excluding carboxylic acids is 2. The lowest BCUT2D eigenvalue weighted by Gasteiger charge is -2.13. The Bertz CT molecular complexity index is 1440. The van der Waals surface area contributed by atoms with Gasteiger partial charge in [0, 0.05) is 29.5 Å². The van der Waals surface area contributed by atoms with Crippen molar-refractivity contribution in [1.29, 1.82) is 0 Å². The number of pyridine rings is 1. The lowest BCUT2D eigenvalue weighted by molar-refractivity contribution is -0.116. The fourth-order valence-electron chi connectivity index (χ4n) is 4.19. The number of Topliss-reactive ketones (excluding diaryl/α,β-unsaturated/α-hetero) is 1. The van der Waals surface area contributed by atoms with E-state index < -0.39 is 0 Å². The van der Waals surface area contributed by atoms with Crippen molar-refractivity contribution < 1.29 is 23.8 Å². The van der Waals surface area contributed by atoms with Gasteiger partial charge in [-0.05, 0) is 55.8 Å². The van der Waals surface area contributed by atoms with Crippen molar-refractivity contribution in [1.82, 2.24) is 4.98 Å². The number of nitrogens with one attached hydrogen (secondary N) is 1. The molecule has 0 unspecified atom stereocenters. The summed E-state index contributed by atoms with van der Waals surface area (Å²) in [5.74, 6) is 1.75. The minimum absolute atomic E-state index is 0.0112. The third-order valence-corrected chi connectivity index (χ3v) is 6.02. The molecule has 0 aliphatic rings. The van der Waals surface area contributed by atoms with E-state index in [1.54, 1.807) is 25.3 Å². The van der Waals surface area contributed by atoms with Crippen LogP contribution in [0.1, 0.15) is 37.0 Å². The molecule has 4 rings (SSSR count). The molecule has 0 saturated heterocycles. The van der Waals surface area contributed by atoms with Gasteiger partial charge in [-0.3, -0.25) is 9.59 Å². The second kappa shape index (κ2) is 13.2. The number of amides is 1. The predicted octanol–water partition coefficient (Wildman–Crippen LogP) is 6.82. The topological polar surface area (TPSA) is 86.8 Å².